The van der Waals surface area contributed by atoms with Crippen LogP contribution in [-0.2, 0) is 0 Å². The molecule has 2 heterocycles. The Morgan fingerprint density at radius 2 is 1.90 bits per heavy atom. The van der Waals surface area contributed by atoms with Crippen LogP contribution < -0.4 is 0 Å². The van der Waals surface area contributed by atoms with Gasteiger partial charge < -0.3 is 4.42 Å². The smallest absolute Gasteiger partial charge is 0.136 e. The SMILES string of the molecule is N#CC(=Cc1ccc(-c2cc(Cl)ccc2Cl)o1)c1nc(-c2ccc(I)cc2)cs1. The van der Waals surface area contributed by atoms with E-state index in [9.17, 15) is 5.26 Å². The first-order valence-electron chi connectivity index (χ1n) is 8.42. The highest BCUT2D eigenvalue weighted by molar-refractivity contribution is 14.1. The number of nitriles is 1. The van der Waals surface area contributed by atoms with Gasteiger partial charge in [-0.1, -0.05) is 35.3 Å². The number of allylic oxidation sites excluding steroid dienone is 1. The Morgan fingerprint density at radius 1 is 1.10 bits per heavy atom. The standard InChI is InChI=1S/C22H11Cl2IN2OS/c23-15-3-7-19(24)18(10-15)21-8-6-17(28-21)9-14(11-26)22-27-20(12-29-22)13-1-4-16(25)5-2-13/h1-10,12H. The van der Waals surface area contributed by atoms with Gasteiger partial charge in [0.2, 0.25) is 0 Å². The van der Waals surface area contributed by atoms with Crippen molar-refractivity contribution < 1.29 is 4.42 Å². The van der Waals surface area contributed by atoms with Crippen LogP contribution >= 0.6 is 57.1 Å². The van der Waals surface area contributed by atoms with Gasteiger partial charge in [0.25, 0.3) is 0 Å². The second kappa shape index (κ2) is 8.72. The fourth-order valence-corrected chi connectivity index (χ4v) is 4.23. The predicted molar refractivity (Wildman–Crippen MR) is 128 cm³/mol. The summed E-state index contributed by atoms with van der Waals surface area (Å²) in [5.74, 6) is 1.12. The summed E-state index contributed by atoms with van der Waals surface area (Å²) in [6.45, 7) is 0. The molecule has 0 N–H and O–H groups in total. The van der Waals surface area contributed by atoms with Crippen LogP contribution in [0.4, 0.5) is 0 Å². The van der Waals surface area contributed by atoms with Crippen molar-refractivity contribution in [3.8, 4) is 28.7 Å². The largest absolute Gasteiger partial charge is 0.457 e. The van der Waals surface area contributed by atoms with Gasteiger partial charge in [-0.15, -0.1) is 11.3 Å². The number of hydrogen-bond acceptors (Lipinski definition) is 4. The molecular formula is C22H11Cl2IN2OS. The number of rotatable bonds is 4. The van der Waals surface area contributed by atoms with E-state index in [0.717, 1.165) is 14.8 Å². The van der Waals surface area contributed by atoms with E-state index in [-0.39, 0.29) is 0 Å². The predicted octanol–water partition coefficient (Wildman–Crippen LogP) is 8.05. The molecule has 0 saturated heterocycles. The van der Waals surface area contributed by atoms with Crippen LogP contribution in [0.25, 0.3) is 34.2 Å². The molecule has 2 aromatic carbocycles. The summed E-state index contributed by atoms with van der Waals surface area (Å²) in [7, 11) is 0. The summed E-state index contributed by atoms with van der Waals surface area (Å²) in [4.78, 5) is 4.61. The number of halogens is 3. The fraction of sp³-hybridized carbons (Fsp3) is 0. The van der Waals surface area contributed by atoms with Gasteiger partial charge in [-0.3, -0.25) is 0 Å². The average Bonchev–Trinajstić information content (AvgIpc) is 3.38. The molecule has 0 unspecified atom stereocenters. The van der Waals surface area contributed by atoms with Gasteiger partial charge in [0, 0.05) is 31.2 Å². The molecule has 0 aliphatic carbocycles. The summed E-state index contributed by atoms with van der Waals surface area (Å²) in [5, 5.41) is 13.3. The van der Waals surface area contributed by atoms with Crippen LogP contribution in [0.15, 0.2) is 64.4 Å². The van der Waals surface area contributed by atoms with E-state index in [1.54, 1.807) is 36.4 Å². The molecular weight excluding hydrogens is 538 g/mol. The Labute approximate surface area is 195 Å². The van der Waals surface area contributed by atoms with E-state index in [1.165, 1.54) is 11.3 Å². The van der Waals surface area contributed by atoms with Gasteiger partial charge in [-0.05, 0) is 65.1 Å². The Hall–Kier alpha value is -2.11. The highest BCUT2D eigenvalue weighted by atomic mass is 127. The maximum absolute atomic E-state index is 9.63. The minimum Gasteiger partial charge on any atom is -0.457 e. The molecule has 0 atom stereocenters. The zero-order valence-electron chi connectivity index (χ0n) is 14.7. The van der Waals surface area contributed by atoms with Crippen LogP contribution in [-0.4, -0.2) is 4.98 Å². The van der Waals surface area contributed by atoms with E-state index in [1.807, 2.05) is 29.6 Å². The minimum atomic E-state index is 0.435. The molecule has 0 amide bonds. The number of thiazole rings is 1. The highest BCUT2D eigenvalue weighted by Gasteiger charge is 2.12. The Morgan fingerprint density at radius 3 is 2.66 bits per heavy atom. The third-order valence-electron chi connectivity index (χ3n) is 4.10. The normalized spacial score (nSPS) is 11.4. The molecule has 4 rings (SSSR count). The number of aromatic nitrogens is 1. The molecule has 2 aromatic heterocycles. The molecule has 0 aliphatic rings. The first kappa shape index (κ1) is 20.2. The lowest BCUT2D eigenvalue weighted by molar-refractivity contribution is 0.572. The monoisotopic (exact) mass is 548 g/mol. The van der Waals surface area contributed by atoms with Crippen molar-refractivity contribution in [1.29, 1.82) is 5.26 Å². The molecule has 0 aliphatic heterocycles. The summed E-state index contributed by atoms with van der Waals surface area (Å²) in [6.07, 6.45) is 1.68. The molecule has 0 spiro atoms. The zero-order chi connectivity index (χ0) is 20.4. The second-order valence-electron chi connectivity index (χ2n) is 6.04. The van der Waals surface area contributed by atoms with Gasteiger partial charge in [0.15, 0.2) is 0 Å². The summed E-state index contributed by atoms with van der Waals surface area (Å²) in [5.41, 5.74) is 2.99. The quantitative estimate of drug-likeness (QED) is 0.191. The van der Waals surface area contributed by atoms with Gasteiger partial charge in [0.05, 0.1) is 16.3 Å². The Bertz CT molecular complexity index is 1250. The maximum Gasteiger partial charge on any atom is 0.136 e. The molecule has 0 radical (unpaired) electrons. The fourth-order valence-electron chi connectivity index (χ4n) is 2.70. The molecule has 0 fully saturated rings. The van der Waals surface area contributed by atoms with E-state index in [4.69, 9.17) is 27.6 Å². The van der Waals surface area contributed by atoms with Gasteiger partial charge in [-0.25, -0.2) is 4.98 Å². The van der Waals surface area contributed by atoms with Crippen molar-refractivity contribution in [2.45, 2.75) is 0 Å². The van der Waals surface area contributed by atoms with Crippen LogP contribution in [0.1, 0.15) is 10.8 Å². The molecule has 7 heteroatoms. The van der Waals surface area contributed by atoms with E-state index in [0.29, 0.717) is 37.7 Å². The third-order valence-corrected chi connectivity index (χ3v) is 6.26. The molecule has 3 nitrogen and oxygen atoms in total. The first-order valence-corrected chi connectivity index (χ1v) is 11.1. The number of furan rings is 1. The van der Waals surface area contributed by atoms with Crippen LogP contribution in [0.3, 0.4) is 0 Å². The van der Waals surface area contributed by atoms with Crippen LogP contribution in [0.2, 0.25) is 10.0 Å². The van der Waals surface area contributed by atoms with Crippen LogP contribution in [0, 0.1) is 14.9 Å². The highest BCUT2D eigenvalue weighted by Crippen LogP contribution is 2.33. The molecule has 0 saturated carbocycles. The lowest BCUT2D eigenvalue weighted by Crippen LogP contribution is -1.82. The van der Waals surface area contributed by atoms with Crippen molar-refractivity contribution in [1.82, 2.24) is 4.98 Å². The van der Waals surface area contributed by atoms with E-state index >= 15 is 0 Å². The van der Waals surface area contributed by atoms with E-state index < -0.39 is 0 Å². The minimum absolute atomic E-state index is 0.435. The number of hydrogen-bond donors (Lipinski definition) is 0. The van der Waals surface area contributed by atoms with Gasteiger partial charge in [-0.2, -0.15) is 5.26 Å². The van der Waals surface area contributed by atoms with Crippen molar-refractivity contribution in [3.63, 3.8) is 0 Å². The molecule has 0 bridgehead atoms. The average molecular weight is 549 g/mol. The van der Waals surface area contributed by atoms with Crippen molar-refractivity contribution in [2.75, 3.05) is 0 Å². The van der Waals surface area contributed by atoms with Crippen LogP contribution in [0.5, 0.6) is 0 Å². The molecule has 142 valence electrons. The Kier molecular flexibility index (Phi) is 6.07. The van der Waals surface area contributed by atoms with Gasteiger partial charge in [0.1, 0.15) is 22.6 Å². The molecule has 4 aromatic rings. The lowest BCUT2D eigenvalue weighted by atomic mass is 10.2. The number of nitrogens with zero attached hydrogens (tertiary/aromatic N) is 2. The van der Waals surface area contributed by atoms with E-state index in [2.05, 4.69) is 33.6 Å². The summed E-state index contributed by atoms with van der Waals surface area (Å²) < 4.78 is 7.03. The maximum atomic E-state index is 9.63. The third kappa shape index (κ3) is 4.57. The topological polar surface area (TPSA) is 49.8 Å². The van der Waals surface area contributed by atoms with Crippen molar-refractivity contribution in [2.24, 2.45) is 0 Å². The summed E-state index contributed by atoms with van der Waals surface area (Å²) in [6, 6.07) is 19.1. The van der Waals surface area contributed by atoms with Crippen molar-refractivity contribution in [3.05, 3.63) is 84.4 Å². The van der Waals surface area contributed by atoms with Crippen molar-refractivity contribution >= 4 is 68.8 Å². The lowest BCUT2D eigenvalue weighted by Gasteiger charge is -2.01. The first-order chi connectivity index (χ1) is 14.0. The second-order valence-corrected chi connectivity index (χ2v) is 8.99. The molecule has 29 heavy (non-hydrogen) atoms. The summed E-state index contributed by atoms with van der Waals surface area (Å²) >= 11 is 16.0. The Balaban J connectivity index is 1.64. The zero-order valence-corrected chi connectivity index (χ0v) is 19.2. The van der Waals surface area contributed by atoms with Gasteiger partial charge >= 0.3 is 0 Å². The number of benzene rings is 2.